The molecule has 0 radical (unpaired) electrons. The van der Waals surface area contributed by atoms with Gasteiger partial charge in [-0.25, -0.2) is 0 Å². The van der Waals surface area contributed by atoms with Crippen LogP contribution >= 0.6 is 0 Å². The first-order valence-electron chi connectivity index (χ1n) is 30.3. The van der Waals surface area contributed by atoms with Crippen molar-refractivity contribution < 1.29 is 28.6 Å². The van der Waals surface area contributed by atoms with Gasteiger partial charge in [0.2, 0.25) is 0 Å². The van der Waals surface area contributed by atoms with Gasteiger partial charge in [-0.3, -0.25) is 14.4 Å². The van der Waals surface area contributed by atoms with Crippen LogP contribution < -0.4 is 0 Å². The molecule has 0 bridgehead atoms. The molecule has 0 rings (SSSR count). The number of esters is 3. The van der Waals surface area contributed by atoms with Crippen molar-refractivity contribution in [3.05, 3.63) is 24.3 Å². The summed E-state index contributed by atoms with van der Waals surface area (Å²) in [5, 5.41) is 0. The summed E-state index contributed by atoms with van der Waals surface area (Å²) in [6.07, 6.45) is 67.7. The maximum atomic E-state index is 12.8. The largest absolute Gasteiger partial charge is 0.462 e. The Kier molecular flexibility index (Phi) is 55.7. The van der Waals surface area contributed by atoms with Crippen LogP contribution in [0.15, 0.2) is 24.3 Å². The second kappa shape index (κ2) is 57.5. The van der Waals surface area contributed by atoms with E-state index in [9.17, 15) is 14.4 Å². The highest BCUT2D eigenvalue weighted by Crippen LogP contribution is 2.17. The Hall–Kier alpha value is -2.11. The number of rotatable bonds is 56. The van der Waals surface area contributed by atoms with Crippen LogP contribution in [0.3, 0.4) is 0 Å². The van der Waals surface area contributed by atoms with Crippen LogP contribution in [0, 0.1) is 0 Å². The Morgan fingerprint density at radius 2 is 0.515 bits per heavy atom. The Morgan fingerprint density at radius 1 is 0.279 bits per heavy atom. The van der Waals surface area contributed by atoms with Crippen molar-refractivity contribution in [2.45, 2.75) is 341 Å². The molecule has 400 valence electrons. The molecule has 0 N–H and O–H groups in total. The second-order valence-electron chi connectivity index (χ2n) is 20.6. The van der Waals surface area contributed by atoms with Crippen LogP contribution in [0.1, 0.15) is 335 Å². The highest BCUT2D eigenvalue weighted by molar-refractivity contribution is 5.71. The predicted octanol–water partition coefficient (Wildman–Crippen LogP) is 20.3. The second-order valence-corrected chi connectivity index (χ2v) is 20.6. The molecule has 1 unspecified atom stereocenters. The van der Waals surface area contributed by atoms with Crippen molar-refractivity contribution in [1.82, 2.24) is 0 Å². The number of hydrogen-bond acceptors (Lipinski definition) is 6. The molecule has 0 aliphatic carbocycles. The van der Waals surface area contributed by atoms with Crippen LogP contribution in [-0.2, 0) is 28.6 Å². The summed E-state index contributed by atoms with van der Waals surface area (Å²) in [7, 11) is 0. The molecule has 0 aromatic carbocycles. The first-order chi connectivity index (χ1) is 33.5. The van der Waals surface area contributed by atoms with Gasteiger partial charge in [0.25, 0.3) is 0 Å². The van der Waals surface area contributed by atoms with Crippen LogP contribution in [0.5, 0.6) is 0 Å². The fourth-order valence-corrected chi connectivity index (χ4v) is 9.09. The summed E-state index contributed by atoms with van der Waals surface area (Å²) in [4.78, 5) is 38.1. The number of carbonyl (C=O) groups is 3. The van der Waals surface area contributed by atoms with E-state index in [1.54, 1.807) is 0 Å². The third-order valence-corrected chi connectivity index (χ3v) is 13.7. The van der Waals surface area contributed by atoms with E-state index in [1.165, 1.54) is 218 Å². The van der Waals surface area contributed by atoms with Gasteiger partial charge >= 0.3 is 17.9 Å². The number of carbonyl (C=O) groups excluding carboxylic acids is 3. The summed E-state index contributed by atoms with van der Waals surface area (Å²) < 4.78 is 16.8. The van der Waals surface area contributed by atoms with Gasteiger partial charge in [-0.1, -0.05) is 276 Å². The molecule has 0 spiro atoms. The van der Waals surface area contributed by atoms with Crippen molar-refractivity contribution in [3.8, 4) is 0 Å². The normalized spacial score (nSPS) is 12.1. The molecule has 0 aliphatic heterocycles. The summed E-state index contributed by atoms with van der Waals surface area (Å²) in [6.45, 7) is 6.61. The fraction of sp³-hybridized carbons (Fsp3) is 0.887. The zero-order chi connectivity index (χ0) is 49.3. The molecule has 1 atom stereocenters. The van der Waals surface area contributed by atoms with Gasteiger partial charge in [0.1, 0.15) is 13.2 Å². The van der Waals surface area contributed by atoms with Crippen LogP contribution in [0.25, 0.3) is 0 Å². The van der Waals surface area contributed by atoms with E-state index in [-0.39, 0.29) is 31.1 Å². The van der Waals surface area contributed by atoms with Crippen molar-refractivity contribution in [1.29, 1.82) is 0 Å². The van der Waals surface area contributed by atoms with E-state index < -0.39 is 6.10 Å². The Labute approximate surface area is 423 Å². The first kappa shape index (κ1) is 65.9. The Morgan fingerprint density at radius 3 is 0.794 bits per heavy atom. The highest BCUT2D eigenvalue weighted by Gasteiger charge is 2.19. The van der Waals surface area contributed by atoms with Crippen LogP contribution in [0.4, 0.5) is 0 Å². The molecule has 0 heterocycles. The van der Waals surface area contributed by atoms with Crippen molar-refractivity contribution >= 4 is 17.9 Å². The van der Waals surface area contributed by atoms with Gasteiger partial charge in [0.05, 0.1) is 0 Å². The van der Waals surface area contributed by atoms with Gasteiger partial charge in [0, 0.05) is 19.3 Å². The molecule has 0 aromatic rings. The monoisotopic (exact) mass is 957 g/mol. The van der Waals surface area contributed by atoms with Crippen LogP contribution in [-0.4, -0.2) is 37.2 Å². The van der Waals surface area contributed by atoms with E-state index in [0.29, 0.717) is 19.3 Å². The lowest BCUT2D eigenvalue weighted by Gasteiger charge is -2.18. The molecule has 0 amide bonds. The smallest absolute Gasteiger partial charge is 0.306 e. The number of allylic oxidation sites excluding steroid dienone is 4. The van der Waals surface area contributed by atoms with E-state index in [4.69, 9.17) is 14.2 Å². The van der Waals surface area contributed by atoms with E-state index in [1.807, 2.05) is 0 Å². The maximum Gasteiger partial charge on any atom is 0.306 e. The average molecular weight is 958 g/mol. The third-order valence-electron chi connectivity index (χ3n) is 13.7. The minimum Gasteiger partial charge on any atom is -0.462 e. The molecule has 68 heavy (non-hydrogen) atoms. The van der Waals surface area contributed by atoms with E-state index in [2.05, 4.69) is 45.1 Å². The first-order valence-corrected chi connectivity index (χ1v) is 30.3. The molecular weight excluding hydrogens is 841 g/mol. The minimum atomic E-state index is -0.775. The number of unbranched alkanes of at least 4 members (excludes halogenated alkanes) is 41. The molecule has 0 aromatic heterocycles. The van der Waals surface area contributed by atoms with Crippen molar-refractivity contribution in [2.75, 3.05) is 13.2 Å². The molecule has 0 saturated heterocycles. The van der Waals surface area contributed by atoms with Gasteiger partial charge in [-0.15, -0.1) is 0 Å². The summed E-state index contributed by atoms with van der Waals surface area (Å²) in [5.41, 5.74) is 0. The van der Waals surface area contributed by atoms with Gasteiger partial charge in [0.15, 0.2) is 6.10 Å². The fourth-order valence-electron chi connectivity index (χ4n) is 9.09. The number of hydrogen-bond donors (Lipinski definition) is 0. The molecule has 6 heteroatoms. The molecule has 0 fully saturated rings. The van der Waals surface area contributed by atoms with Crippen LogP contribution in [0.2, 0.25) is 0 Å². The van der Waals surface area contributed by atoms with Gasteiger partial charge in [-0.05, 0) is 64.2 Å². The summed E-state index contributed by atoms with van der Waals surface area (Å²) in [6, 6.07) is 0. The predicted molar refractivity (Wildman–Crippen MR) is 293 cm³/mol. The van der Waals surface area contributed by atoms with Crippen molar-refractivity contribution in [3.63, 3.8) is 0 Å². The van der Waals surface area contributed by atoms with Gasteiger partial charge in [-0.2, -0.15) is 0 Å². The lowest BCUT2D eigenvalue weighted by molar-refractivity contribution is -0.167. The van der Waals surface area contributed by atoms with E-state index in [0.717, 1.165) is 77.0 Å². The lowest BCUT2D eigenvalue weighted by atomic mass is 10.0. The molecule has 0 aliphatic rings. The zero-order valence-corrected chi connectivity index (χ0v) is 45.9. The van der Waals surface area contributed by atoms with Gasteiger partial charge < -0.3 is 14.2 Å². The quantitative estimate of drug-likeness (QED) is 0.0262. The van der Waals surface area contributed by atoms with E-state index >= 15 is 0 Å². The Balaban J connectivity index is 4.16. The Bertz CT molecular complexity index is 1100. The summed E-state index contributed by atoms with van der Waals surface area (Å²) >= 11 is 0. The topological polar surface area (TPSA) is 78.9 Å². The number of ether oxygens (including phenoxy) is 3. The maximum absolute atomic E-state index is 12.8. The molecule has 0 saturated carbocycles. The lowest BCUT2D eigenvalue weighted by Crippen LogP contribution is -2.30. The van der Waals surface area contributed by atoms with Crippen molar-refractivity contribution in [2.24, 2.45) is 0 Å². The average Bonchev–Trinajstić information content (AvgIpc) is 3.34. The molecule has 6 nitrogen and oxygen atoms in total. The third kappa shape index (κ3) is 54.8. The highest BCUT2D eigenvalue weighted by atomic mass is 16.6. The zero-order valence-electron chi connectivity index (χ0n) is 45.9. The minimum absolute atomic E-state index is 0.0730. The SMILES string of the molecule is CCC/C=C\CCCCCCCC(=O)OCC(COC(=O)CCCCCCCCCCCCCCCCCCCCCCCCCCC)OC(=O)CCCCCCC/C=C\CCCCCCCC. The standard InChI is InChI=1S/C62H116O6/c1-4-7-10-13-16-19-22-24-26-27-28-29-30-31-32-33-34-35-37-38-40-43-46-49-52-55-61(64)67-58-59(57-66-60(63)54-51-48-45-42-21-18-15-12-9-6-3)68-62(65)56-53-50-47-44-41-39-36-25-23-20-17-14-11-8-5-2/h12,15,25,36,59H,4-11,13-14,16-24,26-35,37-58H2,1-3H3/b15-12-,36-25-. The molecular formula is C62H116O6. The summed E-state index contributed by atoms with van der Waals surface area (Å²) in [5.74, 6) is -0.874.